The monoisotopic (exact) mass is 351 g/mol. The van der Waals surface area contributed by atoms with Crippen molar-refractivity contribution in [3.05, 3.63) is 65.7 Å². The summed E-state index contributed by atoms with van der Waals surface area (Å²) in [6.07, 6.45) is 1.89. The van der Waals surface area contributed by atoms with Crippen LogP contribution in [0.4, 0.5) is 0 Å². The van der Waals surface area contributed by atoms with Gasteiger partial charge in [0.25, 0.3) is 0 Å². The van der Waals surface area contributed by atoms with Crippen molar-refractivity contribution in [2.75, 3.05) is 20.1 Å². The lowest BCUT2D eigenvalue weighted by atomic mass is 9.81. The number of nitrogens with zero attached hydrogens (tertiary/aromatic N) is 1. The van der Waals surface area contributed by atoms with E-state index in [0.29, 0.717) is 6.42 Å². The predicted octanol–water partition coefficient (Wildman–Crippen LogP) is 3.30. The molecule has 0 aromatic heterocycles. The van der Waals surface area contributed by atoms with Crippen molar-refractivity contribution in [2.24, 2.45) is 11.8 Å². The number of fused-ring (bicyclic) bond motifs is 1. The molecule has 2 aromatic carbocycles. The normalized spacial score (nSPS) is 25.3. The minimum Gasteiger partial charge on any atom is -0.454 e. The largest absolute Gasteiger partial charge is 0.454 e. The summed E-state index contributed by atoms with van der Waals surface area (Å²) in [4.78, 5) is 15.2. The first-order valence-electron chi connectivity index (χ1n) is 9.36. The third-order valence-electron chi connectivity index (χ3n) is 5.45. The second-order valence-electron chi connectivity index (χ2n) is 7.40. The lowest BCUT2D eigenvalue weighted by Crippen LogP contribution is -2.43. The molecule has 0 saturated carbocycles. The van der Waals surface area contributed by atoms with Crippen molar-refractivity contribution in [3.8, 4) is 5.75 Å². The Morgan fingerprint density at radius 1 is 1.15 bits per heavy atom. The van der Waals surface area contributed by atoms with Gasteiger partial charge >= 0.3 is 5.97 Å². The van der Waals surface area contributed by atoms with Crippen LogP contribution in [0.25, 0.3) is 0 Å². The molecule has 2 heterocycles. The Morgan fingerprint density at radius 2 is 1.92 bits per heavy atom. The van der Waals surface area contributed by atoms with Gasteiger partial charge in [0.05, 0.1) is 12.3 Å². The maximum Gasteiger partial charge on any atom is 0.312 e. The number of carbonyl (C=O) groups excluding carboxylic acids is 1. The summed E-state index contributed by atoms with van der Waals surface area (Å²) in [6, 6.07) is 18.3. The van der Waals surface area contributed by atoms with Gasteiger partial charge in [0, 0.05) is 12.1 Å². The molecule has 3 atom stereocenters. The summed E-state index contributed by atoms with van der Waals surface area (Å²) in [6.45, 7) is 1.84. The van der Waals surface area contributed by atoms with Gasteiger partial charge in [-0.05, 0) is 44.0 Å². The number of para-hydroxylation sites is 1. The molecule has 2 aliphatic heterocycles. The highest BCUT2D eigenvalue weighted by Crippen LogP contribution is 2.32. The smallest absolute Gasteiger partial charge is 0.312 e. The van der Waals surface area contributed by atoms with Crippen molar-refractivity contribution in [3.63, 3.8) is 0 Å². The maximum absolute atomic E-state index is 12.9. The fraction of sp³-hybridized carbons (Fsp3) is 0.409. The number of rotatable bonds is 4. The Labute approximate surface area is 154 Å². The summed E-state index contributed by atoms with van der Waals surface area (Å²) in [5.74, 6) is 0.914. The Kier molecular flexibility index (Phi) is 4.93. The maximum atomic E-state index is 12.9. The molecule has 0 aliphatic carbocycles. The quantitative estimate of drug-likeness (QED) is 0.793. The average molecular weight is 351 g/mol. The molecular weight excluding hydrogens is 326 g/mol. The van der Waals surface area contributed by atoms with Crippen LogP contribution in [0.3, 0.4) is 0 Å². The molecule has 2 aromatic rings. The van der Waals surface area contributed by atoms with Crippen LogP contribution in [0.15, 0.2) is 54.6 Å². The summed E-state index contributed by atoms with van der Waals surface area (Å²) in [5.41, 5.74) is 2.38. The van der Waals surface area contributed by atoms with Gasteiger partial charge in [0.2, 0.25) is 6.29 Å². The van der Waals surface area contributed by atoms with E-state index < -0.39 is 6.29 Å². The van der Waals surface area contributed by atoms with Crippen LogP contribution in [0.1, 0.15) is 17.5 Å². The zero-order valence-electron chi connectivity index (χ0n) is 15.1. The first-order valence-corrected chi connectivity index (χ1v) is 9.36. The van der Waals surface area contributed by atoms with Crippen molar-refractivity contribution in [1.29, 1.82) is 0 Å². The van der Waals surface area contributed by atoms with Crippen LogP contribution < -0.4 is 4.74 Å². The van der Waals surface area contributed by atoms with Gasteiger partial charge in [-0.1, -0.05) is 48.5 Å². The Hall–Kier alpha value is -2.33. The zero-order valence-corrected chi connectivity index (χ0v) is 15.1. The summed E-state index contributed by atoms with van der Waals surface area (Å²) < 4.78 is 11.5. The molecule has 4 heteroatoms. The molecule has 3 unspecified atom stereocenters. The first-order chi connectivity index (χ1) is 12.7. The van der Waals surface area contributed by atoms with Crippen LogP contribution in [0.5, 0.6) is 5.75 Å². The van der Waals surface area contributed by atoms with Gasteiger partial charge in [0.1, 0.15) is 5.75 Å². The van der Waals surface area contributed by atoms with Gasteiger partial charge < -0.3 is 14.4 Å². The molecule has 1 saturated heterocycles. The van der Waals surface area contributed by atoms with Gasteiger partial charge in [-0.2, -0.15) is 0 Å². The highest BCUT2D eigenvalue weighted by Gasteiger charge is 2.36. The zero-order chi connectivity index (χ0) is 17.9. The Balaban J connectivity index is 1.42. The van der Waals surface area contributed by atoms with E-state index in [9.17, 15) is 4.79 Å². The van der Waals surface area contributed by atoms with Crippen molar-refractivity contribution >= 4 is 5.97 Å². The summed E-state index contributed by atoms with van der Waals surface area (Å²) in [5, 5.41) is 0. The molecule has 4 nitrogen and oxygen atoms in total. The molecule has 1 fully saturated rings. The van der Waals surface area contributed by atoms with E-state index in [4.69, 9.17) is 9.47 Å². The first kappa shape index (κ1) is 17.1. The number of likely N-dealkylation sites (tertiary alicyclic amines) is 1. The molecule has 0 amide bonds. The molecule has 2 aliphatic rings. The molecule has 26 heavy (non-hydrogen) atoms. The van der Waals surface area contributed by atoms with Crippen LogP contribution in [0, 0.1) is 11.8 Å². The third-order valence-corrected chi connectivity index (χ3v) is 5.45. The van der Waals surface area contributed by atoms with Gasteiger partial charge in [0.15, 0.2) is 0 Å². The van der Waals surface area contributed by atoms with Crippen molar-refractivity contribution in [1.82, 2.24) is 4.90 Å². The highest BCUT2D eigenvalue weighted by atomic mass is 16.7. The van der Waals surface area contributed by atoms with Crippen LogP contribution in [0.2, 0.25) is 0 Å². The van der Waals surface area contributed by atoms with E-state index in [2.05, 4.69) is 36.2 Å². The summed E-state index contributed by atoms with van der Waals surface area (Å²) >= 11 is 0. The minimum absolute atomic E-state index is 0.0706. The third kappa shape index (κ3) is 3.75. The van der Waals surface area contributed by atoms with Crippen molar-refractivity contribution < 1.29 is 14.3 Å². The summed E-state index contributed by atoms with van der Waals surface area (Å²) in [7, 11) is 2.12. The second-order valence-corrected chi connectivity index (χ2v) is 7.40. The van der Waals surface area contributed by atoms with Gasteiger partial charge in [-0.25, -0.2) is 0 Å². The number of hydrogen-bond donors (Lipinski definition) is 0. The van der Waals surface area contributed by atoms with Crippen molar-refractivity contribution in [2.45, 2.75) is 25.6 Å². The topological polar surface area (TPSA) is 38.8 Å². The van der Waals surface area contributed by atoms with E-state index in [1.165, 1.54) is 5.56 Å². The second kappa shape index (κ2) is 7.50. The Bertz CT molecular complexity index is 736. The molecular formula is C22H25NO3. The SMILES string of the molecule is CN1CCC(C(=O)OC2Cc3ccccc3O2)C(Cc2ccccc2)C1. The molecule has 0 N–H and O–H groups in total. The Morgan fingerprint density at radius 3 is 2.73 bits per heavy atom. The fourth-order valence-electron chi connectivity index (χ4n) is 4.08. The highest BCUT2D eigenvalue weighted by molar-refractivity contribution is 5.73. The van der Waals surface area contributed by atoms with E-state index in [1.807, 2.05) is 30.3 Å². The number of carbonyl (C=O) groups is 1. The fourth-order valence-corrected chi connectivity index (χ4v) is 4.08. The molecule has 0 bridgehead atoms. The van der Waals surface area contributed by atoms with Crippen LogP contribution in [-0.2, 0) is 22.4 Å². The molecule has 136 valence electrons. The number of ether oxygens (including phenoxy) is 2. The minimum atomic E-state index is -0.489. The number of esters is 1. The van der Waals surface area contributed by atoms with E-state index in [0.717, 1.165) is 37.2 Å². The lowest BCUT2D eigenvalue weighted by Gasteiger charge is -2.36. The molecule has 0 spiro atoms. The average Bonchev–Trinajstić information content (AvgIpc) is 3.05. The van der Waals surface area contributed by atoms with E-state index in [-0.39, 0.29) is 17.8 Å². The number of hydrogen-bond acceptors (Lipinski definition) is 4. The van der Waals surface area contributed by atoms with E-state index in [1.54, 1.807) is 0 Å². The van der Waals surface area contributed by atoms with Crippen LogP contribution >= 0.6 is 0 Å². The van der Waals surface area contributed by atoms with Gasteiger partial charge in [-0.3, -0.25) is 4.79 Å². The number of benzene rings is 2. The molecule has 4 rings (SSSR count). The molecule has 0 radical (unpaired) electrons. The van der Waals surface area contributed by atoms with Gasteiger partial charge in [-0.15, -0.1) is 0 Å². The number of piperidine rings is 1. The predicted molar refractivity (Wildman–Crippen MR) is 99.9 cm³/mol. The van der Waals surface area contributed by atoms with E-state index >= 15 is 0 Å². The lowest BCUT2D eigenvalue weighted by molar-refractivity contribution is -0.170. The standard InChI is InChI=1S/C22H25NO3/c1-23-12-11-19(18(15-23)13-16-7-3-2-4-8-16)22(24)26-21-14-17-9-5-6-10-20(17)25-21/h2-10,18-19,21H,11-15H2,1H3. The van der Waals surface area contributed by atoms with Crippen LogP contribution in [-0.4, -0.2) is 37.3 Å².